The molecule has 13 heteroatoms. The Morgan fingerprint density at radius 1 is 1.21 bits per heavy atom. The monoisotopic (exact) mass is 555 g/mol. The second-order valence-corrected chi connectivity index (χ2v) is 9.19. The maximum atomic E-state index is 13.5. The lowest BCUT2D eigenvalue weighted by Crippen LogP contribution is -2.25. The molecule has 0 aliphatic carbocycles. The maximum absolute atomic E-state index is 13.5. The van der Waals surface area contributed by atoms with Gasteiger partial charge in [-0.25, -0.2) is 9.37 Å². The van der Waals surface area contributed by atoms with E-state index in [9.17, 15) is 22.4 Å². The van der Waals surface area contributed by atoms with E-state index in [1.165, 1.54) is 25.3 Å². The zero-order chi connectivity index (χ0) is 27.7. The molecule has 1 aliphatic heterocycles. The number of carbonyl (C=O) groups excluding carboxylic acids is 1. The van der Waals surface area contributed by atoms with Gasteiger partial charge in [-0.05, 0) is 62.7 Å². The van der Waals surface area contributed by atoms with Gasteiger partial charge < -0.3 is 24.3 Å². The summed E-state index contributed by atoms with van der Waals surface area (Å²) >= 11 is 5.86. The van der Waals surface area contributed by atoms with Crippen LogP contribution in [0.25, 0.3) is 0 Å². The zero-order valence-corrected chi connectivity index (χ0v) is 21.1. The van der Waals surface area contributed by atoms with E-state index in [1.807, 2.05) is 0 Å². The minimum Gasteiger partial charge on any atom is -0.461 e. The summed E-state index contributed by atoms with van der Waals surface area (Å²) in [5, 5.41) is 1.76. The number of ether oxygens (including phenoxy) is 4. The van der Waals surface area contributed by atoms with Crippen LogP contribution in [-0.2, 0) is 15.7 Å². The van der Waals surface area contributed by atoms with E-state index in [0.29, 0.717) is 18.2 Å². The summed E-state index contributed by atoms with van der Waals surface area (Å²) < 4.78 is 76.3. The van der Waals surface area contributed by atoms with Gasteiger partial charge in [0.15, 0.2) is 5.79 Å². The molecule has 1 atom stereocenters. The second-order valence-electron chi connectivity index (χ2n) is 8.78. The molecule has 3 aromatic rings. The first-order valence-corrected chi connectivity index (χ1v) is 11.6. The van der Waals surface area contributed by atoms with Crippen molar-refractivity contribution in [1.82, 2.24) is 9.97 Å². The van der Waals surface area contributed by atoms with Crippen LogP contribution in [-0.4, -0.2) is 41.0 Å². The molecule has 0 saturated carbocycles. The lowest BCUT2D eigenvalue weighted by Gasteiger charge is -2.17. The number of halogens is 5. The maximum Gasteiger partial charge on any atom is 0.417 e. The Morgan fingerprint density at radius 3 is 2.63 bits per heavy atom. The van der Waals surface area contributed by atoms with Crippen molar-refractivity contribution in [2.45, 2.75) is 38.8 Å². The fourth-order valence-corrected chi connectivity index (χ4v) is 3.83. The smallest absolute Gasteiger partial charge is 0.417 e. The fourth-order valence-electron chi connectivity index (χ4n) is 3.55. The van der Waals surface area contributed by atoms with Gasteiger partial charge in [0.25, 0.3) is 5.91 Å². The number of hydrogen-bond donors (Lipinski definition) is 1. The van der Waals surface area contributed by atoms with Gasteiger partial charge in [0, 0.05) is 6.20 Å². The molecule has 0 radical (unpaired) electrons. The van der Waals surface area contributed by atoms with Crippen molar-refractivity contribution in [2.75, 3.05) is 18.5 Å². The van der Waals surface area contributed by atoms with Crippen molar-refractivity contribution in [2.24, 2.45) is 0 Å². The number of aryl methyl sites for hydroxylation is 1. The number of anilines is 1. The Hall–Kier alpha value is -3.48. The lowest BCUT2D eigenvalue weighted by atomic mass is 10.1. The van der Waals surface area contributed by atoms with Crippen LogP contribution in [0.2, 0.25) is 5.02 Å². The van der Waals surface area contributed by atoms with Crippen LogP contribution in [0, 0.1) is 12.7 Å². The van der Waals surface area contributed by atoms with Gasteiger partial charge in [-0.15, -0.1) is 0 Å². The third-order valence-corrected chi connectivity index (χ3v) is 5.63. The van der Waals surface area contributed by atoms with Crippen molar-refractivity contribution in [3.63, 3.8) is 0 Å². The van der Waals surface area contributed by atoms with E-state index >= 15 is 0 Å². The molecule has 1 fully saturated rings. The quantitative estimate of drug-likeness (QED) is 0.348. The van der Waals surface area contributed by atoms with Crippen LogP contribution in [0.15, 0.2) is 42.6 Å². The van der Waals surface area contributed by atoms with Gasteiger partial charge in [0.2, 0.25) is 0 Å². The largest absolute Gasteiger partial charge is 0.461 e. The first-order chi connectivity index (χ1) is 17.8. The number of hydrogen-bond acceptors (Lipinski definition) is 7. The van der Waals surface area contributed by atoms with E-state index in [4.69, 9.17) is 30.5 Å². The minimum atomic E-state index is -4.82. The summed E-state index contributed by atoms with van der Waals surface area (Å²) in [5.74, 6) is -2.55. The molecule has 1 aliphatic rings. The molecular formula is C25H22ClF4N3O5. The van der Waals surface area contributed by atoms with Crippen LogP contribution in [0.4, 0.5) is 23.4 Å². The molecule has 1 amide bonds. The molecule has 202 valence electrons. The van der Waals surface area contributed by atoms with Crippen molar-refractivity contribution in [1.29, 1.82) is 0 Å². The molecule has 1 aromatic heterocycles. The van der Waals surface area contributed by atoms with Gasteiger partial charge in [-0.2, -0.15) is 18.2 Å². The highest BCUT2D eigenvalue weighted by Crippen LogP contribution is 2.40. The Morgan fingerprint density at radius 2 is 1.97 bits per heavy atom. The topological polar surface area (TPSA) is 91.8 Å². The van der Waals surface area contributed by atoms with Gasteiger partial charge in [-0.1, -0.05) is 11.6 Å². The standard InChI is InChI=1S/C25H22ClF4N3O5/c1-13-8-14(27)4-5-19(13)37-20-10-17(25(28,29)30)18(26)9-16(20)22(34)32-21-6-7-31-23(33-21)35-11-15-12-36-24(2,3)38-15/h4-10,15H,11-12H2,1-3H3,(H,31,32,33,34). The molecular weight excluding hydrogens is 534 g/mol. The van der Waals surface area contributed by atoms with Crippen LogP contribution < -0.4 is 14.8 Å². The molecule has 38 heavy (non-hydrogen) atoms. The molecule has 8 nitrogen and oxygen atoms in total. The van der Waals surface area contributed by atoms with Crippen LogP contribution >= 0.6 is 11.6 Å². The predicted octanol–water partition coefficient (Wildman–Crippen LogP) is 6.17. The summed E-state index contributed by atoms with van der Waals surface area (Å²) in [4.78, 5) is 21.2. The van der Waals surface area contributed by atoms with E-state index in [1.54, 1.807) is 13.8 Å². The number of aromatic nitrogens is 2. The molecule has 1 saturated heterocycles. The first kappa shape index (κ1) is 27.6. The van der Waals surface area contributed by atoms with Gasteiger partial charge in [0.1, 0.15) is 35.8 Å². The zero-order valence-electron chi connectivity index (χ0n) is 20.4. The Kier molecular flexibility index (Phi) is 7.77. The predicted molar refractivity (Wildman–Crippen MR) is 128 cm³/mol. The summed E-state index contributed by atoms with van der Waals surface area (Å²) in [5.41, 5.74) is -1.21. The van der Waals surface area contributed by atoms with E-state index in [0.717, 1.165) is 18.2 Å². The van der Waals surface area contributed by atoms with Gasteiger partial charge >= 0.3 is 12.2 Å². The summed E-state index contributed by atoms with van der Waals surface area (Å²) in [7, 11) is 0. The number of alkyl halides is 3. The SMILES string of the molecule is Cc1cc(F)ccc1Oc1cc(C(F)(F)F)c(Cl)cc1C(=O)Nc1ccnc(OCC2COC(C)(C)O2)n1. The highest BCUT2D eigenvalue weighted by Gasteiger charge is 2.36. The number of nitrogens with one attached hydrogen (secondary N) is 1. The average Bonchev–Trinajstić information content (AvgIpc) is 3.18. The number of rotatable bonds is 7. The average molecular weight is 556 g/mol. The van der Waals surface area contributed by atoms with Crippen LogP contribution in [0.3, 0.4) is 0 Å². The number of amides is 1. The first-order valence-electron chi connectivity index (χ1n) is 11.2. The third kappa shape index (κ3) is 6.69. The minimum absolute atomic E-state index is 0.00357. The number of benzene rings is 2. The summed E-state index contributed by atoms with van der Waals surface area (Å²) in [6.45, 7) is 5.44. The normalized spacial score (nSPS) is 16.8. The van der Waals surface area contributed by atoms with Crippen LogP contribution in [0.5, 0.6) is 17.5 Å². The van der Waals surface area contributed by atoms with Crippen molar-refractivity contribution < 1.29 is 41.3 Å². The molecule has 1 unspecified atom stereocenters. The van der Waals surface area contributed by atoms with E-state index in [-0.39, 0.29) is 35.9 Å². The van der Waals surface area contributed by atoms with Gasteiger partial charge in [0.05, 0.1) is 22.8 Å². The summed E-state index contributed by atoms with van der Waals surface area (Å²) in [6, 6.07) is 6.20. The van der Waals surface area contributed by atoms with Crippen molar-refractivity contribution >= 4 is 23.3 Å². The van der Waals surface area contributed by atoms with E-state index < -0.39 is 40.0 Å². The summed E-state index contributed by atoms with van der Waals surface area (Å²) in [6.07, 6.45) is -3.84. The molecule has 2 heterocycles. The molecule has 2 aromatic carbocycles. The number of nitrogens with zero attached hydrogens (tertiary/aromatic N) is 2. The molecule has 1 N–H and O–H groups in total. The molecule has 0 spiro atoms. The Labute approximate surface area is 219 Å². The fraction of sp³-hybridized carbons (Fsp3) is 0.320. The number of carbonyl (C=O) groups is 1. The third-order valence-electron chi connectivity index (χ3n) is 5.32. The van der Waals surface area contributed by atoms with Crippen molar-refractivity contribution in [3.8, 4) is 17.5 Å². The van der Waals surface area contributed by atoms with E-state index in [2.05, 4.69) is 15.3 Å². The lowest BCUT2D eigenvalue weighted by molar-refractivity contribution is -0.141. The molecule has 0 bridgehead atoms. The molecule has 4 rings (SSSR count). The Balaban J connectivity index is 1.57. The Bertz CT molecular complexity index is 1350. The highest BCUT2D eigenvalue weighted by atomic mass is 35.5. The van der Waals surface area contributed by atoms with Crippen LogP contribution in [0.1, 0.15) is 35.3 Å². The van der Waals surface area contributed by atoms with Gasteiger partial charge in [-0.3, -0.25) is 4.79 Å². The highest BCUT2D eigenvalue weighted by molar-refractivity contribution is 6.32. The second kappa shape index (κ2) is 10.7. The van der Waals surface area contributed by atoms with Crippen molar-refractivity contribution in [3.05, 3.63) is 70.1 Å².